The zero-order valence-electron chi connectivity index (χ0n) is 18.5. The number of hydrogen-bond acceptors (Lipinski definition) is 7. The van der Waals surface area contributed by atoms with Gasteiger partial charge < -0.3 is 14.2 Å². The first-order chi connectivity index (χ1) is 15.3. The molecular weight excluding hydrogens is 410 g/mol. The smallest absolute Gasteiger partial charge is 0.352 e. The van der Waals surface area contributed by atoms with Crippen LogP contribution >= 0.6 is 0 Å². The number of rotatable bonds is 7. The van der Waals surface area contributed by atoms with Gasteiger partial charge in [-0.3, -0.25) is 5.01 Å². The van der Waals surface area contributed by atoms with Gasteiger partial charge in [-0.25, -0.2) is 21.5 Å². The van der Waals surface area contributed by atoms with Gasteiger partial charge in [0.1, 0.15) is 12.4 Å². The second-order valence-electron chi connectivity index (χ2n) is 7.06. The number of aromatic nitrogens is 1. The molecule has 0 saturated heterocycles. The van der Waals surface area contributed by atoms with Crippen molar-refractivity contribution in [2.24, 2.45) is 11.7 Å². The molecule has 0 atom stereocenters. The lowest BCUT2D eigenvalue weighted by molar-refractivity contribution is 0.216. The van der Waals surface area contributed by atoms with Crippen LogP contribution in [0.25, 0.3) is 11.1 Å². The number of ether oxygens (including phenoxy) is 3. The Morgan fingerprint density at radius 3 is 2.47 bits per heavy atom. The summed E-state index contributed by atoms with van der Waals surface area (Å²) in [5.41, 5.74) is 3.91. The summed E-state index contributed by atoms with van der Waals surface area (Å²) in [7, 11) is 4.54. The third-order valence-electron chi connectivity index (χ3n) is 4.92. The summed E-state index contributed by atoms with van der Waals surface area (Å²) < 4.78 is 16.6. The fourth-order valence-corrected chi connectivity index (χ4v) is 3.19. The van der Waals surface area contributed by atoms with Gasteiger partial charge in [-0.2, -0.15) is 4.98 Å². The number of carbonyl (C=O) groups excluding carboxylic acids is 1. The Kier molecular flexibility index (Phi) is 7.14. The average Bonchev–Trinajstić information content (AvgIpc) is 2.81. The summed E-state index contributed by atoms with van der Waals surface area (Å²) in [4.78, 5) is 16.6. The van der Waals surface area contributed by atoms with Crippen molar-refractivity contribution in [3.8, 4) is 28.6 Å². The molecule has 0 fully saturated rings. The van der Waals surface area contributed by atoms with Gasteiger partial charge in [0.25, 0.3) is 0 Å². The molecule has 0 unspecified atom stereocenters. The first-order valence-corrected chi connectivity index (χ1v) is 9.83. The fraction of sp³-hybridized carbons (Fsp3) is 0.217. The molecule has 2 aromatic carbocycles. The molecule has 0 aliphatic heterocycles. The molecule has 3 rings (SSSR count). The number of urea groups is 1. The van der Waals surface area contributed by atoms with E-state index in [9.17, 15) is 4.79 Å². The SMILES string of the molecule is COc1ccc(-c2cccc(OCc3c(C)cccc3N(N)C(=O)N(C)N)c2)c(OC)n1. The number of pyridine rings is 1. The highest BCUT2D eigenvalue weighted by Crippen LogP contribution is 2.33. The highest BCUT2D eigenvalue weighted by Gasteiger charge is 2.19. The zero-order chi connectivity index (χ0) is 23.3. The number of aryl methyl sites for hydroxylation is 1. The number of hydrazine groups is 2. The molecule has 0 bridgehead atoms. The molecule has 0 aliphatic rings. The van der Waals surface area contributed by atoms with Gasteiger partial charge in [0.15, 0.2) is 0 Å². The molecule has 0 spiro atoms. The third-order valence-corrected chi connectivity index (χ3v) is 4.92. The molecule has 0 radical (unpaired) electrons. The number of methoxy groups -OCH3 is 2. The van der Waals surface area contributed by atoms with Crippen molar-refractivity contribution in [2.45, 2.75) is 13.5 Å². The Bertz CT molecular complexity index is 1100. The molecule has 0 saturated carbocycles. The second-order valence-corrected chi connectivity index (χ2v) is 7.06. The number of anilines is 1. The lowest BCUT2D eigenvalue weighted by Gasteiger charge is -2.24. The van der Waals surface area contributed by atoms with E-state index in [1.165, 1.54) is 7.05 Å². The van der Waals surface area contributed by atoms with Crippen LogP contribution in [0.3, 0.4) is 0 Å². The Balaban J connectivity index is 1.86. The van der Waals surface area contributed by atoms with Crippen LogP contribution in [0.15, 0.2) is 54.6 Å². The van der Waals surface area contributed by atoms with Gasteiger partial charge >= 0.3 is 6.03 Å². The van der Waals surface area contributed by atoms with Gasteiger partial charge in [-0.15, -0.1) is 0 Å². The summed E-state index contributed by atoms with van der Waals surface area (Å²) >= 11 is 0. The first-order valence-electron chi connectivity index (χ1n) is 9.83. The van der Waals surface area contributed by atoms with Gasteiger partial charge in [-0.1, -0.05) is 24.3 Å². The molecule has 32 heavy (non-hydrogen) atoms. The standard InChI is InChI=1S/C23H27N5O4/c1-15-7-5-10-20(28(25)23(29)27(2)24)19(15)14-32-17-9-6-8-16(13-17)18-11-12-21(30-3)26-22(18)31-4/h5-13H,14,24-25H2,1-4H3. The summed E-state index contributed by atoms with van der Waals surface area (Å²) in [5, 5.41) is 1.93. The maximum absolute atomic E-state index is 12.2. The van der Waals surface area contributed by atoms with Crippen molar-refractivity contribution in [3.63, 3.8) is 0 Å². The topological polar surface area (TPSA) is 116 Å². The molecular formula is C23H27N5O4. The number of nitrogens with zero attached hydrogens (tertiary/aromatic N) is 3. The molecule has 9 nitrogen and oxygen atoms in total. The van der Waals surface area contributed by atoms with Crippen LogP contribution in [0.4, 0.5) is 10.5 Å². The highest BCUT2D eigenvalue weighted by molar-refractivity contribution is 5.91. The van der Waals surface area contributed by atoms with Crippen molar-refractivity contribution in [1.82, 2.24) is 9.99 Å². The summed E-state index contributed by atoms with van der Waals surface area (Å²) in [6.07, 6.45) is 0. The molecule has 3 aromatic rings. The van der Waals surface area contributed by atoms with Crippen LogP contribution < -0.4 is 30.9 Å². The second kappa shape index (κ2) is 9.99. The molecule has 4 N–H and O–H groups in total. The van der Waals surface area contributed by atoms with Crippen LogP contribution in [-0.2, 0) is 6.61 Å². The first kappa shape index (κ1) is 22.9. The van der Waals surface area contributed by atoms with Crippen LogP contribution in [0.1, 0.15) is 11.1 Å². The van der Waals surface area contributed by atoms with E-state index in [1.54, 1.807) is 26.4 Å². The Morgan fingerprint density at radius 1 is 1.03 bits per heavy atom. The zero-order valence-corrected chi connectivity index (χ0v) is 18.5. The molecule has 0 aliphatic carbocycles. The molecule has 9 heteroatoms. The van der Waals surface area contributed by atoms with Crippen LogP contribution in [0.5, 0.6) is 17.5 Å². The number of amides is 2. The fourth-order valence-electron chi connectivity index (χ4n) is 3.19. The molecule has 2 amide bonds. The van der Waals surface area contributed by atoms with E-state index in [-0.39, 0.29) is 6.61 Å². The average molecular weight is 438 g/mol. The van der Waals surface area contributed by atoms with Crippen molar-refractivity contribution in [2.75, 3.05) is 26.3 Å². The van der Waals surface area contributed by atoms with Gasteiger partial charge in [0.05, 0.1) is 19.9 Å². The van der Waals surface area contributed by atoms with E-state index < -0.39 is 6.03 Å². The van der Waals surface area contributed by atoms with Crippen molar-refractivity contribution in [1.29, 1.82) is 0 Å². The minimum Gasteiger partial charge on any atom is -0.489 e. The summed E-state index contributed by atoms with van der Waals surface area (Å²) in [5.74, 6) is 13.1. The normalized spacial score (nSPS) is 10.4. The number of nitrogens with two attached hydrogens (primary N) is 2. The lowest BCUT2D eigenvalue weighted by Crippen LogP contribution is -2.49. The molecule has 1 heterocycles. The monoisotopic (exact) mass is 437 g/mol. The van der Waals surface area contributed by atoms with Crippen molar-refractivity contribution in [3.05, 3.63) is 65.7 Å². The maximum atomic E-state index is 12.2. The molecule has 168 valence electrons. The van der Waals surface area contributed by atoms with Gasteiger partial charge in [0, 0.05) is 24.2 Å². The number of benzene rings is 2. The Morgan fingerprint density at radius 2 is 1.78 bits per heavy atom. The van der Waals surface area contributed by atoms with Crippen molar-refractivity contribution >= 4 is 11.7 Å². The van der Waals surface area contributed by atoms with E-state index in [0.29, 0.717) is 23.2 Å². The van der Waals surface area contributed by atoms with E-state index in [1.807, 2.05) is 49.4 Å². The summed E-state index contributed by atoms with van der Waals surface area (Å²) in [6.45, 7) is 2.13. The lowest BCUT2D eigenvalue weighted by atomic mass is 10.1. The van der Waals surface area contributed by atoms with Crippen LogP contribution in [0, 0.1) is 6.92 Å². The third kappa shape index (κ3) is 4.90. The Hall–Kier alpha value is -3.82. The van der Waals surface area contributed by atoms with E-state index >= 15 is 0 Å². The minimum atomic E-state index is -0.544. The number of hydrogen-bond donors (Lipinski definition) is 2. The maximum Gasteiger partial charge on any atom is 0.352 e. The van der Waals surface area contributed by atoms with E-state index in [2.05, 4.69) is 4.98 Å². The largest absolute Gasteiger partial charge is 0.489 e. The van der Waals surface area contributed by atoms with Gasteiger partial charge in [0.2, 0.25) is 11.8 Å². The van der Waals surface area contributed by atoms with Crippen LogP contribution in [-0.4, -0.2) is 37.3 Å². The van der Waals surface area contributed by atoms with Gasteiger partial charge in [-0.05, 0) is 42.3 Å². The minimum absolute atomic E-state index is 0.207. The highest BCUT2D eigenvalue weighted by atomic mass is 16.5. The summed E-state index contributed by atoms with van der Waals surface area (Å²) in [6, 6.07) is 16.2. The number of carbonyl (C=O) groups is 1. The molecule has 1 aromatic heterocycles. The predicted molar refractivity (Wildman–Crippen MR) is 122 cm³/mol. The Labute approximate surface area is 187 Å². The quantitative estimate of drug-likeness (QED) is 0.331. The van der Waals surface area contributed by atoms with E-state index in [4.69, 9.17) is 25.9 Å². The van der Waals surface area contributed by atoms with E-state index in [0.717, 1.165) is 32.3 Å². The predicted octanol–water partition coefficient (Wildman–Crippen LogP) is 3.26. The van der Waals surface area contributed by atoms with Crippen molar-refractivity contribution < 1.29 is 19.0 Å². The van der Waals surface area contributed by atoms with Crippen LogP contribution in [0.2, 0.25) is 0 Å².